The van der Waals surface area contributed by atoms with Crippen molar-refractivity contribution in [1.29, 1.82) is 0 Å². The lowest BCUT2D eigenvalue weighted by molar-refractivity contribution is 0.415. The second-order valence-electron chi connectivity index (χ2n) is 7.20. The van der Waals surface area contributed by atoms with Gasteiger partial charge in [0.05, 0.1) is 12.0 Å². The van der Waals surface area contributed by atoms with Crippen LogP contribution < -0.4 is 15.4 Å². The van der Waals surface area contributed by atoms with Gasteiger partial charge in [-0.25, -0.2) is 8.42 Å². The highest BCUT2D eigenvalue weighted by atomic mass is 127. The number of fused-ring (bicyclic) bond motifs is 1. The fourth-order valence-corrected chi connectivity index (χ4v) is 4.30. The number of guanidine groups is 1. The van der Waals surface area contributed by atoms with E-state index in [2.05, 4.69) is 33.8 Å². The summed E-state index contributed by atoms with van der Waals surface area (Å²) in [5, 5.41) is 8.86. The Hall–Kier alpha value is -2.33. The monoisotopic (exact) mass is 553 g/mol. The first kappa shape index (κ1) is 24.9. The van der Waals surface area contributed by atoms with Gasteiger partial charge in [-0.05, 0) is 58.7 Å². The number of aliphatic imine (C=N–C) groups is 1. The minimum Gasteiger partial charge on any atom is -0.497 e. The first-order valence-electron chi connectivity index (χ1n) is 9.61. The van der Waals surface area contributed by atoms with E-state index in [-0.39, 0.29) is 24.0 Å². The smallest absolute Gasteiger partial charge is 0.191 e. The molecule has 0 heterocycles. The van der Waals surface area contributed by atoms with E-state index in [4.69, 9.17) is 4.74 Å². The highest BCUT2D eigenvalue weighted by molar-refractivity contribution is 14.0. The molecule has 0 radical (unpaired) electrons. The molecule has 0 aliphatic rings. The lowest BCUT2D eigenvalue weighted by Crippen LogP contribution is -2.36. The van der Waals surface area contributed by atoms with Crippen LogP contribution in [0, 0.1) is 6.92 Å². The summed E-state index contributed by atoms with van der Waals surface area (Å²) < 4.78 is 28.8. The largest absolute Gasteiger partial charge is 0.497 e. The van der Waals surface area contributed by atoms with Crippen molar-refractivity contribution in [3.63, 3.8) is 0 Å². The quantitative estimate of drug-likeness (QED) is 0.274. The topological polar surface area (TPSA) is 79.8 Å². The summed E-state index contributed by atoms with van der Waals surface area (Å²) in [5.74, 6) is 1.52. The van der Waals surface area contributed by atoms with Crippen molar-refractivity contribution in [2.75, 3.05) is 20.4 Å². The van der Waals surface area contributed by atoms with Gasteiger partial charge in [-0.15, -0.1) is 24.0 Å². The zero-order valence-electron chi connectivity index (χ0n) is 18.1. The molecule has 0 saturated carbocycles. The fraction of sp³-hybridized carbons (Fsp3) is 0.261. The number of hydrogen-bond donors (Lipinski definition) is 2. The van der Waals surface area contributed by atoms with Crippen LogP contribution in [0.5, 0.6) is 5.75 Å². The maximum absolute atomic E-state index is 11.8. The predicted octanol–water partition coefficient (Wildman–Crippen LogP) is 4.04. The van der Waals surface area contributed by atoms with Gasteiger partial charge < -0.3 is 15.4 Å². The molecule has 6 nitrogen and oxygen atoms in total. The molecule has 31 heavy (non-hydrogen) atoms. The number of hydrogen-bond acceptors (Lipinski definition) is 4. The lowest BCUT2D eigenvalue weighted by Gasteiger charge is -2.13. The minimum atomic E-state index is -3.21. The van der Waals surface area contributed by atoms with Crippen LogP contribution in [0.4, 0.5) is 0 Å². The zero-order chi connectivity index (χ0) is 21.7. The molecular formula is C23H28IN3O3S. The molecule has 3 aromatic rings. The molecule has 3 rings (SSSR count). The number of nitrogens with one attached hydrogen (secondary N) is 2. The molecule has 0 amide bonds. The Morgan fingerprint density at radius 3 is 2.10 bits per heavy atom. The normalized spacial score (nSPS) is 11.7. The Balaban J connectivity index is 0.00000341. The van der Waals surface area contributed by atoms with Crippen molar-refractivity contribution >= 4 is 50.5 Å². The number of aryl methyl sites for hydroxylation is 1. The third-order valence-electron chi connectivity index (χ3n) is 4.89. The van der Waals surface area contributed by atoms with Crippen molar-refractivity contribution in [2.24, 2.45) is 4.99 Å². The number of halogens is 1. The number of methoxy groups -OCH3 is 1. The summed E-state index contributed by atoms with van der Waals surface area (Å²) in [4.78, 5) is 4.63. The highest BCUT2D eigenvalue weighted by Crippen LogP contribution is 2.22. The fourth-order valence-electron chi connectivity index (χ4n) is 3.34. The molecule has 0 aliphatic carbocycles. The van der Waals surface area contributed by atoms with Crippen LogP contribution in [0.2, 0.25) is 0 Å². The Morgan fingerprint density at radius 1 is 0.935 bits per heavy atom. The van der Waals surface area contributed by atoms with Crippen molar-refractivity contribution in [3.05, 3.63) is 71.3 Å². The van der Waals surface area contributed by atoms with Crippen LogP contribution >= 0.6 is 24.0 Å². The van der Waals surface area contributed by atoms with E-state index in [0.29, 0.717) is 23.9 Å². The van der Waals surface area contributed by atoms with Crippen LogP contribution in [-0.4, -0.2) is 34.8 Å². The van der Waals surface area contributed by atoms with Crippen molar-refractivity contribution in [3.8, 4) is 5.75 Å². The van der Waals surface area contributed by atoms with E-state index in [1.54, 1.807) is 20.2 Å². The van der Waals surface area contributed by atoms with E-state index in [1.807, 2.05) is 37.3 Å². The van der Waals surface area contributed by atoms with Crippen LogP contribution in [0.15, 0.2) is 64.5 Å². The third kappa shape index (κ3) is 6.57. The molecule has 3 aromatic carbocycles. The molecule has 2 N–H and O–H groups in total. The van der Waals surface area contributed by atoms with Crippen LogP contribution in [0.25, 0.3) is 10.8 Å². The third-order valence-corrected chi connectivity index (χ3v) is 6.15. The first-order chi connectivity index (χ1) is 14.3. The van der Waals surface area contributed by atoms with E-state index < -0.39 is 9.84 Å². The Labute approximate surface area is 201 Å². The van der Waals surface area contributed by atoms with Crippen molar-refractivity contribution in [2.45, 2.75) is 24.9 Å². The average Bonchev–Trinajstić information content (AvgIpc) is 2.72. The van der Waals surface area contributed by atoms with Gasteiger partial charge in [0.1, 0.15) is 5.75 Å². The maximum Gasteiger partial charge on any atom is 0.191 e. The van der Waals surface area contributed by atoms with Gasteiger partial charge in [-0.2, -0.15) is 0 Å². The Bertz CT molecular complexity index is 1190. The number of rotatable bonds is 6. The molecule has 166 valence electrons. The van der Waals surface area contributed by atoms with E-state index in [0.717, 1.165) is 33.2 Å². The molecule has 0 unspecified atom stereocenters. The Kier molecular flexibility index (Phi) is 8.69. The standard InChI is InChI=1S/C23H27N3O3S.HI/c1-16-11-17(6-10-22(16)30(4,27)28)14-25-23(24-2)26-15-18-5-7-20-13-21(29-3)9-8-19(20)12-18;/h5-13H,14-15H2,1-4H3,(H2,24,25,26);1H. The number of sulfone groups is 1. The van der Waals surface area contributed by atoms with E-state index in [1.165, 1.54) is 6.26 Å². The van der Waals surface area contributed by atoms with Gasteiger partial charge in [0.15, 0.2) is 15.8 Å². The van der Waals surface area contributed by atoms with Crippen LogP contribution in [0.1, 0.15) is 16.7 Å². The second kappa shape index (κ2) is 10.8. The minimum absolute atomic E-state index is 0. The zero-order valence-corrected chi connectivity index (χ0v) is 21.2. The van der Waals surface area contributed by atoms with Crippen molar-refractivity contribution < 1.29 is 13.2 Å². The van der Waals surface area contributed by atoms with Crippen molar-refractivity contribution in [1.82, 2.24) is 10.6 Å². The molecular weight excluding hydrogens is 525 g/mol. The molecule has 0 fully saturated rings. The lowest BCUT2D eigenvalue weighted by atomic mass is 10.1. The number of nitrogens with zero attached hydrogens (tertiary/aromatic N) is 1. The van der Waals surface area contributed by atoms with Crippen LogP contribution in [0.3, 0.4) is 0 Å². The average molecular weight is 553 g/mol. The van der Waals surface area contributed by atoms with Gasteiger partial charge in [0.25, 0.3) is 0 Å². The molecule has 0 aliphatic heterocycles. The number of benzene rings is 3. The van der Waals surface area contributed by atoms with Gasteiger partial charge in [-0.1, -0.05) is 30.3 Å². The molecule has 0 spiro atoms. The second-order valence-corrected chi connectivity index (χ2v) is 9.18. The van der Waals surface area contributed by atoms with E-state index in [9.17, 15) is 8.42 Å². The maximum atomic E-state index is 11.8. The molecule has 0 atom stereocenters. The summed E-state index contributed by atoms with van der Waals surface area (Å²) in [5.41, 5.74) is 2.87. The summed E-state index contributed by atoms with van der Waals surface area (Å²) in [6, 6.07) is 17.7. The van der Waals surface area contributed by atoms with Gasteiger partial charge in [0, 0.05) is 26.4 Å². The summed E-state index contributed by atoms with van der Waals surface area (Å²) in [6.07, 6.45) is 1.22. The van der Waals surface area contributed by atoms with Gasteiger partial charge >= 0.3 is 0 Å². The Morgan fingerprint density at radius 2 is 1.52 bits per heavy atom. The van der Waals surface area contributed by atoms with Gasteiger partial charge in [-0.3, -0.25) is 4.99 Å². The first-order valence-corrected chi connectivity index (χ1v) is 11.5. The van der Waals surface area contributed by atoms with E-state index >= 15 is 0 Å². The molecule has 8 heteroatoms. The molecule has 0 saturated heterocycles. The SMILES string of the molecule is CN=C(NCc1ccc(S(C)(=O)=O)c(C)c1)NCc1ccc2cc(OC)ccc2c1.I. The predicted molar refractivity (Wildman–Crippen MR) is 137 cm³/mol. The molecule has 0 aromatic heterocycles. The summed E-state index contributed by atoms with van der Waals surface area (Å²) in [7, 11) is 0.180. The highest BCUT2D eigenvalue weighted by Gasteiger charge is 2.11. The van der Waals surface area contributed by atoms with Gasteiger partial charge in [0.2, 0.25) is 0 Å². The summed E-state index contributed by atoms with van der Waals surface area (Å²) in [6.45, 7) is 2.98. The van der Waals surface area contributed by atoms with Crippen LogP contribution in [-0.2, 0) is 22.9 Å². The number of ether oxygens (including phenoxy) is 1. The summed E-state index contributed by atoms with van der Waals surface area (Å²) >= 11 is 0. The molecule has 0 bridgehead atoms.